The van der Waals surface area contributed by atoms with E-state index in [0.717, 1.165) is 6.92 Å². The first-order valence-corrected chi connectivity index (χ1v) is 6.35. The lowest BCUT2D eigenvalue weighted by atomic mass is 9.88. The van der Waals surface area contributed by atoms with Crippen LogP contribution in [-0.2, 0) is 9.53 Å². The summed E-state index contributed by atoms with van der Waals surface area (Å²) in [6.45, 7) is 4.79. The lowest BCUT2D eigenvalue weighted by Gasteiger charge is -2.46. The molecule has 1 saturated heterocycles. The second-order valence-electron chi connectivity index (χ2n) is 5.35. The van der Waals surface area contributed by atoms with E-state index in [1.54, 1.807) is 0 Å². The van der Waals surface area contributed by atoms with Gasteiger partial charge in [0.15, 0.2) is 5.78 Å². The van der Waals surface area contributed by atoms with Crippen molar-refractivity contribution in [2.75, 3.05) is 13.2 Å². The first-order chi connectivity index (χ1) is 8.74. The van der Waals surface area contributed by atoms with Gasteiger partial charge in [0.25, 0.3) is 0 Å². The van der Waals surface area contributed by atoms with Crippen LogP contribution < -0.4 is 5.32 Å². The maximum Gasteiger partial charge on any atom is 0.245 e. The van der Waals surface area contributed by atoms with E-state index in [0.29, 0.717) is 6.54 Å². The van der Waals surface area contributed by atoms with Gasteiger partial charge in [0.05, 0.1) is 12.6 Å². The van der Waals surface area contributed by atoms with Crippen molar-refractivity contribution >= 4 is 5.78 Å². The molecule has 7 heteroatoms. The third-order valence-electron chi connectivity index (χ3n) is 3.26. The summed E-state index contributed by atoms with van der Waals surface area (Å²) in [5.74, 6) is -2.74. The Morgan fingerprint density at radius 2 is 1.95 bits per heavy atom. The average molecular weight is 277 g/mol. The van der Waals surface area contributed by atoms with Gasteiger partial charge >= 0.3 is 0 Å². The molecule has 0 bridgehead atoms. The molecule has 0 radical (unpaired) electrons. The van der Waals surface area contributed by atoms with Gasteiger partial charge in [0.2, 0.25) is 5.79 Å². The first-order valence-electron chi connectivity index (χ1n) is 6.35. The Bertz CT molecular complexity index is 323. The van der Waals surface area contributed by atoms with Crippen LogP contribution in [0, 0.1) is 5.92 Å². The molecule has 1 fully saturated rings. The van der Waals surface area contributed by atoms with E-state index in [1.165, 1.54) is 0 Å². The van der Waals surface area contributed by atoms with Crippen LogP contribution in [0.1, 0.15) is 20.8 Å². The van der Waals surface area contributed by atoms with Crippen molar-refractivity contribution in [3.05, 3.63) is 0 Å². The molecule has 19 heavy (non-hydrogen) atoms. The third kappa shape index (κ3) is 3.31. The summed E-state index contributed by atoms with van der Waals surface area (Å²) in [6.07, 6.45) is -4.01. The Morgan fingerprint density at radius 1 is 1.37 bits per heavy atom. The fourth-order valence-electron chi connectivity index (χ4n) is 2.09. The van der Waals surface area contributed by atoms with Crippen molar-refractivity contribution in [2.24, 2.45) is 5.92 Å². The molecule has 1 aliphatic rings. The zero-order valence-corrected chi connectivity index (χ0v) is 11.4. The fraction of sp³-hybridized carbons (Fsp3) is 0.917. The van der Waals surface area contributed by atoms with Crippen LogP contribution in [0.4, 0.5) is 0 Å². The van der Waals surface area contributed by atoms with Crippen LogP contribution in [0.15, 0.2) is 0 Å². The van der Waals surface area contributed by atoms with Gasteiger partial charge in [-0.25, -0.2) is 0 Å². The van der Waals surface area contributed by atoms with Gasteiger partial charge in [0.1, 0.15) is 18.3 Å². The Hall–Kier alpha value is -0.570. The molecule has 0 aromatic carbocycles. The van der Waals surface area contributed by atoms with E-state index < -0.39 is 42.5 Å². The minimum absolute atomic E-state index is 0.219. The molecule has 5 atom stereocenters. The molecule has 0 aromatic heterocycles. The number of aliphatic hydroxyl groups is 4. The number of ether oxygens (including phenoxy) is 1. The van der Waals surface area contributed by atoms with Crippen LogP contribution in [0.25, 0.3) is 0 Å². The third-order valence-corrected chi connectivity index (χ3v) is 3.26. The molecule has 0 amide bonds. The summed E-state index contributed by atoms with van der Waals surface area (Å²) in [7, 11) is 0. The Labute approximate surface area is 112 Å². The normalized spacial score (nSPS) is 39.6. The molecule has 1 unspecified atom stereocenters. The van der Waals surface area contributed by atoms with Crippen LogP contribution in [-0.4, -0.2) is 69.5 Å². The smallest absolute Gasteiger partial charge is 0.245 e. The van der Waals surface area contributed by atoms with Gasteiger partial charge in [-0.3, -0.25) is 4.79 Å². The second kappa shape index (κ2) is 6.25. The Morgan fingerprint density at radius 3 is 2.37 bits per heavy atom. The molecule has 0 saturated carbocycles. The largest absolute Gasteiger partial charge is 0.394 e. The van der Waals surface area contributed by atoms with E-state index in [-0.39, 0.29) is 5.92 Å². The quantitative estimate of drug-likeness (QED) is 0.394. The monoisotopic (exact) mass is 277 g/mol. The van der Waals surface area contributed by atoms with Gasteiger partial charge in [-0.05, 0) is 12.5 Å². The predicted octanol–water partition coefficient (Wildman–Crippen LogP) is -2.01. The molecule has 7 nitrogen and oxygen atoms in total. The van der Waals surface area contributed by atoms with Crippen LogP contribution >= 0.6 is 0 Å². The zero-order chi connectivity index (χ0) is 14.8. The molecule has 1 rings (SSSR count). The lowest BCUT2D eigenvalue weighted by Crippen LogP contribution is -2.72. The van der Waals surface area contributed by atoms with E-state index in [1.807, 2.05) is 13.8 Å². The van der Waals surface area contributed by atoms with Gasteiger partial charge in [-0.2, -0.15) is 0 Å². The van der Waals surface area contributed by atoms with Crippen molar-refractivity contribution in [3.63, 3.8) is 0 Å². The molecule has 0 aliphatic carbocycles. The molecule has 5 N–H and O–H groups in total. The summed E-state index contributed by atoms with van der Waals surface area (Å²) in [5, 5.41) is 42.0. The van der Waals surface area contributed by atoms with Crippen LogP contribution in [0.2, 0.25) is 0 Å². The van der Waals surface area contributed by atoms with E-state index in [9.17, 15) is 20.1 Å². The van der Waals surface area contributed by atoms with Crippen molar-refractivity contribution in [1.82, 2.24) is 5.32 Å². The van der Waals surface area contributed by atoms with E-state index in [2.05, 4.69) is 5.32 Å². The average Bonchev–Trinajstić information content (AvgIpc) is 2.33. The van der Waals surface area contributed by atoms with Gasteiger partial charge in [0, 0.05) is 6.92 Å². The summed E-state index contributed by atoms with van der Waals surface area (Å²) in [4.78, 5) is 11.6. The topological polar surface area (TPSA) is 119 Å². The first kappa shape index (κ1) is 16.5. The van der Waals surface area contributed by atoms with E-state index in [4.69, 9.17) is 9.84 Å². The number of aliphatic hydroxyl groups excluding tert-OH is 3. The summed E-state index contributed by atoms with van der Waals surface area (Å²) in [5.41, 5.74) is 0. The highest BCUT2D eigenvalue weighted by Gasteiger charge is 2.55. The Balaban J connectivity index is 2.97. The number of ketones is 1. The van der Waals surface area contributed by atoms with Crippen molar-refractivity contribution in [3.8, 4) is 0 Å². The maximum absolute atomic E-state index is 11.6. The number of hydrogen-bond acceptors (Lipinski definition) is 7. The predicted molar refractivity (Wildman–Crippen MR) is 66.2 cm³/mol. The van der Waals surface area contributed by atoms with Gasteiger partial charge < -0.3 is 30.5 Å². The maximum atomic E-state index is 11.6. The van der Waals surface area contributed by atoms with Crippen molar-refractivity contribution in [2.45, 2.75) is 50.9 Å². The summed E-state index contributed by atoms with van der Waals surface area (Å²) >= 11 is 0. The highest BCUT2D eigenvalue weighted by molar-refractivity contribution is 5.84. The summed E-state index contributed by atoms with van der Waals surface area (Å²) < 4.78 is 5.10. The number of hydrogen-bond donors (Lipinski definition) is 5. The standard InChI is InChI=1S/C12H23NO6/c1-6(2)4-13-11-10(17)9(16)8(5-14)19-12(11,18)7(3)15/h6,8-11,13-14,16-18H,4-5H2,1-3H3/t8-,9+,10+,11-,12?/m1/s1. The number of Topliss-reactive ketones (excluding diaryl/α,β-unsaturated/α-hetero) is 1. The molecule has 1 heterocycles. The zero-order valence-electron chi connectivity index (χ0n) is 11.4. The lowest BCUT2D eigenvalue weighted by molar-refractivity contribution is -0.301. The molecule has 0 aromatic rings. The minimum atomic E-state index is -2.26. The van der Waals surface area contributed by atoms with Crippen molar-refractivity contribution in [1.29, 1.82) is 0 Å². The molecular formula is C12H23NO6. The van der Waals surface area contributed by atoms with Crippen molar-refractivity contribution < 1.29 is 30.0 Å². The molecule has 1 aliphatic heterocycles. The molecule has 112 valence electrons. The van der Waals surface area contributed by atoms with Gasteiger partial charge in [-0.1, -0.05) is 13.8 Å². The van der Waals surface area contributed by atoms with E-state index >= 15 is 0 Å². The Kier molecular flexibility index (Phi) is 5.43. The van der Waals surface area contributed by atoms with Crippen LogP contribution in [0.5, 0.6) is 0 Å². The van der Waals surface area contributed by atoms with Crippen LogP contribution in [0.3, 0.4) is 0 Å². The molecular weight excluding hydrogens is 254 g/mol. The van der Waals surface area contributed by atoms with Gasteiger partial charge in [-0.15, -0.1) is 0 Å². The number of carbonyl (C=O) groups is 1. The fourth-order valence-corrected chi connectivity index (χ4v) is 2.09. The SMILES string of the molecule is CC(=O)C1(O)O[C@H](CO)[C@H](O)[C@H](O)[C@H]1NCC(C)C. The summed E-state index contributed by atoms with van der Waals surface area (Å²) in [6, 6.07) is -1.15. The number of rotatable bonds is 5. The second-order valence-corrected chi connectivity index (χ2v) is 5.35. The molecule has 0 spiro atoms. The number of nitrogens with one attached hydrogen (secondary N) is 1. The highest BCUT2D eigenvalue weighted by Crippen LogP contribution is 2.29. The number of carbonyl (C=O) groups excluding carboxylic acids is 1. The minimum Gasteiger partial charge on any atom is -0.394 e. The highest BCUT2D eigenvalue weighted by atomic mass is 16.7.